The molecule has 2 aromatic heterocycles. The van der Waals surface area contributed by atoms with Crippen LogP contribution < -0.4 is 5.32 Å². The molecular formula is C34H30N6O. The van der Waals surface area contributed by atoms with E-state index in [1.807, 2.05) is 60.4 Å². The fraction of sp³-hybridized carbons (Fsp3) is 0.206. The number of benzene rings is 3. The SMILES string of the molecule is CC(C)c1c(-c2cc(N=C(c3ccccc3)c3ccccc3)c3cnc(NC(=O)C4CC4C#N)cc3c2)cnn1C. The molecule has 0 aliphatic heterocycles. The number of anilines is 1. The van der Waals surface area contributed by atoms with Crippen LogP contribution in [0.5, 0.6) is 0 Å². The van der Waals surface area contributed by atoms with Gasteiger partial charge in [-0.2, -0.15) is 10.4 Å². The van der Waals surface area contributed by atoms with Crippen molar-refractivity contribution in [2.75, 3.05) is 5.32 Å². The molecule has 1 saturated carbocycles. The van der Waals surface area contributed by atoms with E-state index < -0.39 is 0 Å². The quantitative estimate of drug-likeness (QED) is 0.225. The van der Waals surface area contributed by atoms with E-state index in [4.69, 9.17) is 10.3 Å². The molecule has 202 valence electrons. The molecule has 2 atom stereocenters. The predicted octanol–water partition coefficient (Wildman–Crippen LogP) is 7.03. The third-order valence-corrected chi connectivity index (χ3v) is 7.53. The van der Waals surface area contributed by atoms with Gasteiger partial charge in [-0.3, -0.25) is 9.48 Å². The molecule has 5 aromatic rings. The molecule has 7 nitrogen and oxygen atoms in total. The van der Waals surface area contributed by atoms with Crippen LogP contribution in [0.4, 0.5) is 11.5 Å². The van der Waals surface area contributed by atoms with Gasteiger partial charge >= 0.3 is 0 Å². The minimum Gasteiger partial charge on any atom is -0.310 e. The second-order valence-corrected chi connectivity index (χ2v) is 10.8. The maximum atomic E-state index is 12.7. The van der Waals surface area contributed by atoms with Crippen molar-refractivity contribution in [3.63, 3.8) is 0 Å². The third-order valence-electron chi connectivity index (χ3n) is 7.53. The number of nitriles is 1. The molecule has 0 radical (unpaired) electrons. The number of fused-ring (bicyclic) bond motifs is 1. The highest BCUT2D eigenvalue weighted by Crippen LogP contribution is 2.40. The van der Waals surface area contributed by atoms with Gasteiger partial charge in [0.15, 0.2) is 0 Å². The lowest BCUT2D eigenvalue weighted by Gasteiger charge is -2.14. The second-order valence-electron chi connectivity index (χ2n) is 10.8. The van der Waals surface area contributed by atoms with Crippen LogP contribution in [-0.4, -0.2) is 26.4 Å². The van der Waals surface area contributed by atoms with Crippen LogP contribution in [0.1, 0.15) is 43.0 Å². The van der Waals surface area contributed by atoms with Crippen LogP contribution in [0.25, 0.3) is 21.9 Å². The number of aromatic nitrogens is 3. The van der Waals surface area contributed by atoms with Gasteiger partial charge in [-0.05, 0) is 41.5 Å². The number of rotatable bonds is 7. The Kier molecular flexibility index (Phi) is 6.90. The number of carbonyl (C=O) groups is 1. The first kappa shape index (κ1) is 26.1. The molecular weight excluding hydrogens is 508 g/mol. The molecule has 41 heavy (non-hydrogen) atoms. The van der Waals surface area contributed by atoms with Crippen LogP contribution in [0.3, 0.4) is 0 Å². The summed E-state index contributed by atoms with van der Waals surface area (Å²) in [5, 5.41) is 18.4. The van der Waals surface area contributed by atoms with E-state index in [9.17, 15) is 4.79 Å². The Bertz CT molecular complexity index is 1770. The molecule has 0 bridgehead atoms. The summed E-state index contributed by atoms with van der Waals surface area (Å²) in [7, 11) is 1.96. The van der Waals surface area contributed by atoms with Crippen LogP contribution in [0.15, 0.2) is 96.2 Å². The summed E-state index contributed by atoms with van der Waals surface area (Å²) in [4.78, 5) is 22.5. The van der Waals surface area contributed by atoms with E-state index in [-0.39, 0.29) is 23.7 Å². The van der Waals surface area contributed by atoms with Crippen molar-refractivity contribution in [3.05, 3.63) is 108 Å². The van der Waals surface area contributed by atoms with Gasteiger partial charge in [-0.25, -0.2) is 9.98 Å². The van der Waals surface area contributed by atoms with E-state index in [2.05, 4.69) is 71.7 Å². The second kappa shape index (κ2) is 10.8. The molecule has 0 saturated heterocycles. The molecule has 1 amide bonds. The molecule has 1 aliphatic rings. The van der Waals surface area contributed by atoms with Gasteiger partial charge in [0, 0.05) is 41.0 Å². The smallest absolute Gasteiger partial charge is 0.230 e. The number of carbonyl (C=O) groups excluding carboxylic acids is 1. The van der Waals surface area contributed by atoms with Gasteiger partial charge in [0.05, 0.1) is 35.5 Å². The van der Waals surface area contributed by atoms with E-state index in [1.165, 1.54) is 0 Å². The maximum absolute atomic E-state index is 12.7. The largest absolute Gasteiger partial charge is 0.310 e. The van der Waals surface area contributed by atoms with Crippen molar-refractivity contribution >= 4 is 33.9 Å². The minimum atomic E-state index is -0.271. The predicted molar refractivity (Wildman–Crippen MR) is 162 cm³/mol. The number of hydrogen-bond donors (Lipinski definition) is 1. The van der Waals surface area contributed by atoms with Crippen molar-refractivity contribution in [3.8, 4) is 17.2 Å². The lowest BCUT2D eigenvalue weighted by Crippen LogP contribution is -2.15. The zero-order chi connectivity index (χ0) is 28.5. The van der Waals surface area contributed by atoms with Crippen molar-refractivity contribution in [2.45, 2.75) is 26.2 Å². The van der Waals surface area contributed by atoms with Crippen LogP contribution in [0.2, 0.25) is 0 Å². The number of nitrogens with one attached hydrogen (secondary N) is 1. The first-order chi connectivity index (χ1) is 19.9. The molecule has 2 unspecified atom stereocenters. The van der Waals surface area contributed by atoms with E-state index in [0.29, 0.717) is 12.2 Å². The summed E-state index contributed by atoms with van der Waals surface area (Å²) in [5.41, 5.74) is 6.81. The average Bonchev–Trinajstić information content (AvgIpc) is 3.69. The summed E-state index contributed by atoms with van der Waals surface area (Å²) >= 11 is 0. The topological polar surface area (TPSA) is 96.0 Å². The Morgan fingerprint density at radius 3 is 2.32 bits per heavy atom. The normalized spacial score (nSPS) is 15.9. The van der Waals surface area contributed by atoms with Gasteiger partial charge in [-0.15, -0.1) is 0 Å². The summed E-state index contributed by atoms with van der Waals surface area (Å²) in [6, 6.07) is 28.6. The molecule has 2 heterocycles. The van der Waals surface area contributed by atoms with Crippen molar-refractivity contribution in [2.24, 2.45) is 23.9 Å². The maximum Gasteiger partial charge on any atom is 0.230 e. The monoisotopic (exact) mass is 538 g/mol. The summed E-state index contributed by atoms with van der Waals surface area (Å²) in [6.45, 7) is 4.32. The highest BCUT2D eigenvalue weighted by molar-refractivity contribution is 6.15. The zero-order valence-corrected chi connectivity index (χ0v) is 23.2. The first-order valence-corrected chi connectivity index (χ1v) is 13.8. The number of amides is 1. The standard InChI is InChI=1S/C34H30N6O/c1-21(2)33-29(20-37-40(33)3)24-14-25-17-31(39-34(41)27-15-26(27)18-35)36-19-28(25)30(16-24)38-32(22-10-6-4-7-11-22)23-12-8-5-9-13-23/h4-14,16-17,19-21,26-27H,15H2,1-3H3,(H,36,39,41). The molecule has 7 heteroatoms. The number of nitrogens with zero attached hydrogens (tertiary/aromatic N) is 5. The lowest BCUT2D eigenvalue weighted by molar-refractivity contribution is -0.117. The molecule has 0 spiro atoms. The number of aliphatic imine (C=N–C) groups is 1. The molecule has 1 aliphatic carbocycles. The van der Waals surface area contributed by atoms with E-state index in [0.717, 1.165) is 50.1 Å². The molecule has 1 N–H and O–H groups in total. The highest BCUT2D eigenvalue weighted by Gasteiger charge is 2.43. The van der Waals surface area contributed by atoms with Gasteiger partial charge < -0.3 is 5.32 Å². The van der Waals surface area contributed by atoms with Crippen molar-refractivity contribution < 1.29 is 4.79 Å². The summed E-state index contributed by atoms with van der Waals surface area (Å²) in [6.07, 6.45) is 4.26. The Morgan fingerprint density at radius 1 is 1.02 bits per heavy atom. The van der Waals surface area contributed by atoms with Crippen molar-refractivity contribution in [1.29, 1.82) is 5.26 Å². The van der Waals surface area contributed by atoms with Crippen LogP contribution >= 0.6 is 0 Å². The number of hydrogen-bond acceptors (Lipinski definition) is 5. The number of aryl methyl sites for hydroxylation is 1. The Morgan fingerprint density at radius 2 is 1.71 bits per heavy atom. The van der Waals surface area contributed by atoms with Gasteiger partial charge in [-0.1, -0.05) is 74.5 Å². The minimum absolute atomic E-state index is 0.164. The van der Waals surface area contributed by atoms with Gasteiger partial charge in [0.25, 0.3) is 0 Å². The van der Waals surface area contributed by atoms with Crippen LogP contribution in [0, 0.1) is 23.2 Å². The van der Waals surface area contributed by atoms with Crippen LogP contribution in [-0.2, 0) is 11.8 Å². The van der Waals surface area contributed by atoms with Gasteiger partial charge in [0.2, 0.25) is 5.91 Å². The van der Waals surface area contributed by atoms with E-state index in [1.54, 1.807) is 6.20 Å². The summed E-state index contributed by atoms with van der Waals surface area (Å²) < 4.78 is 1.92. The highest BCUT2D eigenvalue weighted by atomic mass is 16.2. The van der Waals surface area contributed by atoms with Crippen molar-refractivity contribution in [1.82, 2.24) is 14.8 Å². The number of pyridine rings is 1. The fourth-order valence-corrected chi connectivity index (χ4v) is 5.36. The Labute approximate surface area is 239 Å². The molecule has 6 rings (SSSR count). The van der Waals surface area contributed by atoms with Gasteiger partial charge in [0.1, 0.15) is 5.82 Å². The first-order valence-electron chi connectivity index (χ1n) is 13.8. The Hall–Kier alpha value is -5.09. The molecule has 3 aromatic carbocycles. The summed E-state index contributed by atoms with van der Waals surface area (Å²) in [5.74, 6) is 0.0790. The average molecular weight is 539 g/mol. The molecule has 1 fully saturated rings. The zero-order valence-electron chi connectivity index (χ0n) is 23.2. The van der Waals surface area contributed by atoms with E-state index >= 15 is 0 Å². The Balaban J connectivity index is 1.54. The fourth-order valence-electron chi connectivity index (χ4n) is 5.36. The lowest BCUT2D eigenvalue weighted by atomic mass is 9.96. The third kappa shape index (κ3) is 5.24.